The summed E-state index contributed by atoms with van der Waals surface area (Å²) in [5, 5.41) is 2.94. The van der Waals surface area contributed by atoms with Gasteiger partial charge in [-0.3, -0.25) is 4.79 Å². The predicted octanol–water partition coefficient (Wildman–Crippen LogP) is 3.07. The van der Waals surface area contributed by atoms with Gasteiger partial charge in [0, 0.05) is 6.42 Å². The van der Waals surface area contributed by atoms with Gasteiger partial charge in [0.1, 0.15) is 12.4 Å². The minimum atomic E-state index is 0.167. The Kier molecular flexibility index (Phi) is 5.25. The van der Waals surface area contributed by atoms with Crippen molar-refractivity contribution in [1.82, 2.24) is 5.32 Å². The molecule has 0 aliphatic heterocycles. The van der Waals surface area contributed by atoms with E-state index < -0.39 is 0 Å². The number of para-hydroxylation sites is 1. The minimum Gasteiger partial charge on any atom is -0.491 e. The van der Waals surface area contributed by atoms with Crippen LogP contribution in [0.1, 0.15) is 37.7 Å². The highest BCUT2D eigenvalue weighted by atomic mass is 16.5. The molecule has 2 rings (SSSR count). The van der Waals surface area contributed by atoms with E-state index in [2.05, 4.69) is 5.32 Å². The van der Waals surface area contributed by atoms with Crippen molar-refractivity contribution in [3.63, 3.8) is 0 Å². The fraction of sp³-hybridized carbons (Fsp3) is 0.562. The molecule has 0 atom stereocenters. The van der Waals surface area contributed by atoms with Crippen molar-refractivity contribution in [2.45, 2.75) is 39.0 Å². The number of hydrogen-bond acceptors (Lipinski definition) is 2. The predicted molar refractivity (Wildman–Crippen MR) is 76.3 cm³/mol. The average Bonchev–Trinajstić information content (AvgIpc) is 2.89. The average molecular weight is 261 g/mol. The molecule has 0 radical (unpaired) electrons. The molecule has 0 saturated heterocycles. The lowest BCUT2D eigenvalue weighted by Gasteiger charge is -2.11. The van der Waals surface area contributed by atoms with Gasteiger partial charge in [0.25, 0.3) is 0 Å². The molecule has 1 amide bonds. The van der Waals surface area contributed by atoms with Gasteiger partial charge in [-0.15, -0.1) is 0 Å². The van der Waals surface area contributed by atoms with Gasteiger partial charge in [0.2, 0.25) is 5.91 Å². The molecule has 3 heteroatoms. The Morgan fingerprint density at radius 2 is 2.05 bits per heavy atom. The van der Waals surface area contributed by atoms with Gasteiger partial charge in [-0.1, -0.05) is 31.0 Å². The normalized spacial score (nSPS) is 15.4. The van der Waals surface area contributed by atoms with Crippen LogP contribution in [0.4, 0.5) is 0 Å². The summed E-state index contributed by atoms with van der Waals surface area (Å²) in [6.45, 7) is 3.13. The maximum Gasteiger partial charge on any atom is 0.220 e. The number of ether oxygens (including phenoxy) is 1. The Balaban J connectivity index is 1.61. The van der Waals surface area contributed by atoms with Crippen LogP contribution in [-0.4, -0.2) is 19.1 Å². The van der Waals surface area contributed by atoms with Crippen LogP contribution >= 0.6 is 0 Å². The van der Waals surface area contributed by atoms with Crippen molar-refractivity contribution in [3.8, 4) is 5.75 Å². The first kappa shape index (κ1) is 13.9. The van der Waals surface area contributed by atoms with E-state index in [1.165, 1.54) is 25.7 Å². The topological polar surface area (TPSA) is 38.3 Å². The third kappa shape index (κ3) is 4.58. The summed E-state index contributed by atoms with van der Waals surface area (Å²) in [4.78, 5) is 11.7. The zero-order valence-electron chi connectivity index (χ0n) is 11.7. The number of carbonyl (C=O) groups excluding carboxylic acids is 1. The van der Waals surface area contributed by atoms with E-state index in [4.69, 9.17) is 4.74 Å². The van der Waals surface area contributed by atoms with E-state index in [0.717, 1.165) is 11.3 Å². The lowest BCUT2D eigenvalue weighted by molar-refractivity contribution is -0.122. The summed E-state index contributed by atoms with van der Waals surface area (Å²) in [5.74, 6) is 1.67. The molecule has 0 bridgehead atoms. The number of carbonyl (C=O) groups is 1. The van der Waals surface area contributed by atoms with Gasteiger partial charge in [-0.2, -0.15) is 0 Å². The molecule has 1 saturated carbocycles. The van der Waals surface area contributed by atoms with Crippen LogP contribution in [0.3, 0.4) is 0 Å². The quantitative estimate of drug-likeness (QED) is 0.799. The third-order valence-electron chi connectivity index (χ3n) is 3.72. The molecule has 3 nitrogen and oxygen atoms in total. The summed E-state index contributed by atoms with van der Waals surface area (Å²) in [5.41, 5.74) is 1.12. The molecule has 1 aliphatic carbocycles. The molecular weight excluding hydrogens is 238 g/mol. The number of nitrogens with one attached hydrogen (secondary N) is 1. The molecule has 0 spiro atoms. The molecule has 19 heavy (non-hydrogen) atoms. The summed E-state index contributed by atoms with van der Waals surface area (Å²) in [7, 11) is 0. The van der Waals surface area contributed by atoms with Crippen molar-refractivity contribution in [1.29, 1.82) is 0 Å². The van der Waals surface area contributed by atoms with Gasteiger partial charge in [0.05, 0.1) is 6.54 Å². The Morgan fingerprint density at radius 1 is 1.32 bits per heavy atom. The summed E-state index contributed by atoms with van der Waals surface area (Å²) in [6, 6.07) is 7.93. The number of benzene rings is 1. The van der Waals surface area contributed by atoms with E-state index >= 15 is 0 Å². The highest BCUT2D eigenvalue weighted by Gasteiger charge is 2.17. The lowest BCUT2D eigenvalue weighted by Crippen LogP contribution is -2.29. The van der Waals surface area contributed by atoms with Crippen LogP contribution in [0.25, 0.3) is 0 Å². The monoisotopic (exact) mass is 261 g/mol. The maximum atomic E-state index is 11.7. The molecule has 104 valence electrons. The van der Waals surface area contributed by atoms with Crippen molar-refractivity contribution < 1.29 is 9.53 Å². The fourth-order valence-corrected chi connectivity index (χ4v) is 2.62. The molecule has 1 fully saturated rings. The van der Waals surface area contributed by atoms with Gasteiger partial charge < -0.3 is 10.1 Å². The molecule has 0 unspecified atom stereocenters. The van der Waals surface area contributed by atoms with Crippen molar-refractivity contribution in [2.24, 2.45) is 5.92 Å². The van der Waals surface area contributed by atoms with Gasteiger partial charge in [-0.25, -0.2) is 0 Å². The van der Waals surface area contributed by atoms with Crippen LogP contribution in [-0.2, 0) is 4.79 Å². The molecule has 1 N–H and O–H groups in total. The molecule has 0 aromatic heterocycles. The molecular formula is C16H23NO2. The number of aryl methyl sites for hydroxylation is 1. The van der Waals surface area contributed by atoms with E-state index in [0.29, 0.717) is 25.5 Å². The fourth-order valence-electron chi connectivity index (χ4n) is 2.62. The largest absolute Gasteiger partial charge is 0.491 e. The van der Waals surface area contributed by atoms with E-state index in [-0.39, 0.29) is 5.91 Å². The molecule has 1 aromatic carbocycles. The molecule has 0 heterocycles. The van der Waals surface area contributed by atoms with Crippen LogP contribution < -0.4 is 10.1 Å². The highest BCUT2D eigenvalue weighted by Crippen LogP contribution is 2.27. The van der Waals surface area contributed by atoms with Crippen LogP contribution in [0.2, 0.25) is 0 Å². The Hall–Kier alpha value is -1.51. The summed E-state index contributed by atoms with van der Waals surface area (Å²) < 4.78 is 5.64. The SMILES string of the molecule is Cc1ccccc1OCCNC(=O)CC1CCCC1. The first-order valence-electron chi connectivity index (χ1n) is 7.21. The Bertz CT molecular complexity index is 411. The number of rotatable bonds is 6. The third-order valence-corrected chi connectivity index (χ3v) is 3.72. The second-order valence-corrected chi connectivity index (χ2v) is 5.32. The van der Waals surface area contributed by atoms with Crippen molar-refractivity contribution in [2.75, 3.05) is 13.2 Å². The maximum absolute atomic E-state index is 11.7. The molecule has 1 aliphatic rings. The van der Waals surface area contributed by atoms with Crippen LogP contribution in [0.5, 0.6) is 5.75 Å². The Morgan fingerprint density at radius 3 is 2.79 bits per heavy atom. The summed E-state index contributed by atoms with van der Waals surface area (Å²) >= 11 is 0. The lowest BCUT2D eigenvalue weighted by atomic mass is 10.0. The molecule has 1 aromatic rings. The first-order valence-corrected chi connectivity index (χ1v) is 7.21. The van der Waals surface area contributed by atoms with Crippen LogP contribution in [0, 0.1) is 12.8 Å². The second kappa shape index (κ2) is 7.17. The van der Waals surface area contributed by atoms with Gasteiger partial charge >= 0.3 is 0 Å². The zero-order valence-corrected chi connectivity index (χ0v) is 11.7. The smallest absolute Gasteiger partial charge is 0.220 e. The van der Waals surface area contributed by atoms with Crippen LogP contribution in [0.15, 0.2) is 24.3 Å². The highest BCUT2D eigenvalue weighted by molar-refractivity contribution is 5.76. The summed E-state index contributed by atoms with van der Waals surface area (Å²) in [6.07, 6.45) is 5.69. The second-order valence-electron chi connectivity index (χ2n) is 5.32. The van der Waals surface area contributed by atoms with E-state index in [1.807, 2.05) is 31.2 Å². The van der Waals surface area contributed by atoms with E-state index in [1.54, 1.807) is 0 Å². The minimum absolute atomic E-state index is 0.167. The van der Waals surface area contributed by atoms with E-state index in [9.17, 15) is 4.79 Å². The standard InChI is InChI=1S/C16H23NO2/c1-13-6-2-5-9-15(13)19-11-10-17-16(18)12-14-7-3-4-8-14/h2,5-6,9,14H,3-4,7-8,10-12H2,1H3,(H,17,18). The van der Waals surface area contributed by atoms with Crippen molar-refractivity contribution >= 4 is 5.91 Å². The number of hydrogen-bond donors (Lipinski definition) is 1. The zero-order chi connectivity index (χ0) is 13.5. The number of amides is 1. The Labute approximate surface area is 115 Å². The van der Waals surface area contributed by atoms with Crippen molar-refractivity contribution in [3.05, 3.63) is 29.8 Å². The van der Waals surface area contributed by atoms with Gasteiger partial charge in [0.15, 0.2) is 0 Å². The van der Waals surface area contributed by atoms with Gasteiger partial charge in [-0.05, 0) is 37.3 Å². The first-order chi connectivity index (χ1) is 9.25.